The van der Waals surface area contributed by atoms with Gasteiger partial charge in [-0.2, -0.15) is 5.10 Å². The molecular weight excluding hydrogens is 170 g/mol. The van der Waals surface area contributed by atoms with Crippen molar-refractivity contribution in [2.24, 2.45) is 0 Å². The van der Waals surface area contributed by atoms with Crippen LogP contribution in [0.2, 0.25) is 0 Å². The third-order valence-corrected chi connectivity index (χ3v) is 1.96. The molecule has 0 unspecified atom stereocenters. The van der Waals surface area contributed by atoms with Crippen LogP contribution in [0.25, 0.3) is 0 Å². The van der Waals surface area contributed by atoms with E-state index >= 15 is 0 Å². The van der Waals surface area contributed by atoms with Crippen LogP contribution in [-0.4, -0.2) is 34.3 Å². The zero-order valence-electron chi connectivity index (χ0n) is 7.43. The lowest BCUT2D eigenvalue weighted by Crippen LogP contribution is -2.26. The van der Waals surface area contributed by atoms with Crippen molar-refractivity contribution in [3.8, 4) is 0 Å². The molecule has 0 radical (unpaired) electrons. The molecule has 2 heterocycles. The molecule has 1 aromatic rings. The van der Waals surface area contributed by atoms with Crippen LogP contribution in [0.3, 0.4) is 0 Å². The van der Waals surface area contributed by atoms with Gasteiger partial charge in [-0.1, -0.05) is 0 Å². The van der Waals surface area contributed by atoms with E-state index in [-0.39, 0.29) is 6.29 Å². The zero-order valence-corrected chi connectivity index (χ0v) is 7.43. The maximum Gasteiger partial charge on any atom is 0.159 e. The van der Waals surface area contributed by atoms with Crippen LogP contribution in [0.5, 0.6) is 0 Å². The van der Waals surface area contributed by atoms with Gasteiger partial charge in [0.15, 0.2) is 6.29 Å². The highest BCUT2D eigenvalue weighted by Crippen LogP contribution is 2.08. The highest BCUT2D eigenvalue weighted by molar-refractivity contribution is 4.58. The molecule has 0 bridgehead atoms. The third kappa shape index (κ3) is 2.50. The van der Waals surface area contributed by atoms with Gasteiger partial charge in [0, 0.05) is 13.0 Å². The summed E-state index contributed by atoms with van der Waals surface area (Å²) in [6.45, 7) is 2.41. The van der Waals surface area contributed by atoms with E-state index in [2.05, 4.69) is 10.1 Å². The van der Waals surface area contributed by atoms with E-state index in [1.807, 2.05) is 0 Å². The Morgan fingerprint density at radius 3 is 2.92 bits per heavy atom. The molecule has 0 spiro atoms. The van der Waals surface area contributed by atoms with Crippen LogP contribution in [0.15, 0.2) is 12.7 Å². The lowest BCUT2D eigenvalue weighted by atomic mass is 10.3. The monoisotopic (exact) mass is 183 g/mol. The van der Waals surface area contributed by atoms with Crippen LogP contribution in [0.4, 0.5) is 0 Å². The van der Waals surface area contributed by atoms with E-state index in [0.717, 1.165) is 32.6 Å². The minimum atomic E-state index is -0.0575. The number of nitrogens with zero attached hydrogens (tertiary/aromatic N) is 3. The van der Waals surface area contributed by atoms with Crippen molar-refractivity contribution in [3.05, 3.63) is 12.7 Å². The van der Waals surface area contributed by atoms with Gasteiger partial charge in [0.2, 0.25) is 0 Å². The lowest BCUT2D eigenvalue weighted by molar-refractivity contribution is -0.182. The second-order valence-electron chi connectivity index (χ2n) is 2.97. The molecule has 0 saturated carbocycles. The summed E-state index contributed by atoms with van der Waals surface area (Å²) in [7, 11) is 0. The van der Waals surface area contributed by atoms with E-state index in [9.17, 15) is 0 Å². The molecule has 1 saturated heterocycles. The predicted molar refractivity (Wildman–Crippen MR) is 44.9 cm³/mol. The summed E-state index contributed by atoms with van der Waals surface area (Å²) in [6, 6.07) is 0. The molecule has 1 aliphatic heterocycles. The predicted octanol–water partition coefficient (Wildman–Crippen LogP) is 0.431. The Morgan fingerprint density at radius 1 is 1.38 bits per heavy atom. The number of aryl methyl sites for hydroxylation is 1. The number of rotatable bonds is 3. The van der Waals surface area contributed by atoms with Gasteiger partial charge in [-0.3, -0.25) is 4.68 Å². The lowest BCUT2D eigenvalue weighted by Gasteiger charge is -2.22. The molecule has 1 fully saturated rings. The second kappa shape index (κ2) is 4.34. The van der Waals surface area contributed by atoms with Crippen LogP contribution < -0.4 is 0 Å². The number of ether oxygens (including phenoxy) is 2. The van der Waals surface area contributed by atoms with Gasteiger partial charge >= 0.3 is 0 Å². The minimum absolute atomic E-state index is 0.0575. The van der Waals surface area contributed by atoms with Crippen molar-refractivity contribution < 1.29 is 9.47 Å². The van der Waals surface area contributed by atoms with Gasteiger partial charge in [-0.25, -0.2) is 4.98 Å². The normalized spacial score (nSPS) is 19.1. The highest BCUT2D eigenvalue weighted by Gasteiger charge is 2.13. The molecule has 0 amide bonds. The summed E-state index contributed by atoms with van der Waals surface area (Å²) in [5, 5.41) is 4.00. The average Bonchev–Trinajstić information content (AvgIpc) is 2.69. The van der Waals surface area contributed by atoms with Gasteiger partial charge in [0.1, 0.15) is 12.7 Å². The quantitative estimate of drug-likeness (QED) is 0.682. The van der Waals surface area contributed by atoms with Gasteiger partial charge in [-0.05, 0) is 6.42 Å². The molecular formula is C8H13N3O2. The van der Waals surface area contributed by atoms with Gasteiger partial charge < -0.3 is 9.47 Å². The summed E-state index contributed by atoms with van der Waals surface area (Å²) in [5.41, 5.74) is 0. The summed E-state index contributed by atoms with van der Waals surface area (Å²) < 4.78 is 12.6. The number of hydrogen-bond acceptors (Lipinski definition) is 4. The molecule has 1 aromatic heterocycles. The Bertz CT molecular complexity index is 232. The molecule has 0 N–H and O–H groups in total. The first kappa shape index (κ1) is 8.65. The Labute approximate surface area is 76.7 Å². The van der Waals surface area contributed by atoms with Crippen LogP contribution >= 0.6 is 0 Å². The number of aromatic nitrogens is 3. The molecule has 1 aliphatic rings. The Balaban J connectivity index is 1.72. The zero-order chi connectivity index (χ0) is 8.93. The van der Waals surface area contributed by atoms with Crippen molar-refractivity contribution in [2.45, 2.75) is 25.7 Å². The van der Waals surface area contributed by atoms with Gasteiger partial charge in [0.25, 0.3) is 0 Å². The number of hydrogen-bond donors (Lipinski definition) is 0. The fourth-order valence-corrected chi connectivity index (χ4v) is 1.29. The fourth-order valence-electron chi connectivity index (χ4n) is 1.29. The molecule has 5 heteroatoms. The summed E-state index contributed by atoms with van der Waals surface area (Å²) >= 11 is 0. The van der Waals surface area contributed by atoms with Crippen LogP contribution in [-0.2, 0) is 16.0 Å². The Kier molecular flexibility index (Phi) is 2.89. The largest absolute Gasteiger partial charge is 0.353 e. The van der Waals surface area contributed by atoms with Crippen molar-refractivity contribution in [1.82, 2.24) is 14.8 Å². The van der Waals surface area contributed by atoms with Crippen molar-refractivity contribution in [3.63, 3.8) is 0 Å². The Hall–Kier alpha value is -0.940. The first-order chi connectivity index (χ1) is 6.45. The molecule has 0 aliphatic carbocycles. The van der Waals surface area contributed by atoms with Crippen LogP contribution in [0, 0.1) is 0 Å². The topological polar surface area (TPSA) is 49.2 Å². The molecule has 5 nitrogen and oxygen atoms in total. The van der Waals surface area contributed by atoms with Gasteiger partial charge in [-0.15, -0.1) is 0 Å². The van der Waals surface area contributed by atoms with E-state index in [4.69, 9.17) is 9.47 Å². The van der Waals surface area contributed by atoms with Crippen molar-refractivity contribution >= 4 is 0 Å². The van der Waals surface area contributed by atoms with Crippen LogP contribution in [0.1, 0.15) is 12.8 Å². The Morgan fingerprint density at radius 2 is 2.23 bits per heavy atom. The van der Waals surface area contributed by atoms with E-state index in [1.165, 1.54) is 6.33 Å². The standard InChI is InChI=1S/C8H13N3O2/c1-4-12-8(13-5-1)2-3-11-7-9-6-10-11/h6-8H,1-5H2. The smallest absolute Gasteiger partial charge is 0.159 e. The molecule has 72 valence electrons. The molecule has 0 aromatic carbocycles. The molecule has 13 heavy (non-hydrogen) atoms. The maximum absolute atomic E-state index is 5.39. The first-order valence-corrected chi connectivity index (χ1v) is 4.51. The molecule has 0 atom stereocenters. The summed E-state index contributed by atoms with van der Waals surface area (Å²) in [4.78, 5) is 3.86. The highest BCUT2D eigenvalue weighted by atomic mass is 16.7. The first-order valence-electron chi connectivity index (χ1n) is 4.51. The summed E-state index contributed by atoms with van der Waals surface area (Å²) in [6.07, 6.45) is 5.01. The minimum Gasteiger partial charge on any atom is -0.353 e. The SMILES string of the molecule is c1ncn(CCC2OCCCO2)n1. The van der Waals surface area contributed by atoms with E-state index < -0.39 is 0 Å². The average molecular weight is 183 g/mol. The van der Waals surface area contributed by atoms with Crippen molar-refractivity contribution in [2.75, 3.05) is 13.2 Å². The fraction of sp³-hybridized carbons (Fsp3) is 0.750. The van der Waals surface area contributed by atoms with Gasteiger partial charge in [0.05, 0.1) is 13.2 Å². The molecule has 2 rings (SSSR count). The van der Waals surface area contributed by atoms with E-state index in [1.54, 1.807) is 11.0 Å². The third-order valence-electron chi connectivity index (χ3n) is 1.96. The second-order valence-corrected chi connectivity index (χ2v) is 2.97. The van der Waals surface area contributed by atoms with E-state index in [0.29, 0.717) is 0 Å². The van der Waals surface area contributed by atoms with Crippen molar-refractivity contribution in [1.29, 1.82) is 0 Å². The summed E-state index contributed by atoms with van der Waals surface area (Å²) in [5.74, 6) is 0. The maximum atomic E-state index is 5.39.